The molecule has 1 aliphatic rings. The summed E-state index contributed by atoms with van der Waals surface area (Å²) in [4.78, 5) is 12.2. The van der Waals surface area contributed by atoms with Crippen molar-refractivity contribution in [3.05, 3.63) is 29.3 Å². The summed E-state index contributed by atoms with van der Waals surface area (Å²) in [5.41, 5.74) is 0.942. The van der Waals surface area contributed by atoms with Crippen LogP contribution in [0.3, 0.4) is 0 Å². The molecule has 1 aromatic carbocycles. The third-order valence-corrected chi connectivity index (χ3v) is 3.74. The molecule has 18 heavy (non-hydrogen) atoms. The highest BCUT2D eigenvalue weighted by molar-refractivity contribution is 5.95. The maximum atomic E-state index is 12.2. The molecule has 0 aliphatic carbocycles. The molecule has 2 atom stereocenters. The van der Waals surface area contributed by atoms with Gasteiger partial charge in [0.15, 0.2) is 0 Å². The normalized spacial score (nSPS) is 27.2. The third-order valence-electron chi connectivity index (χ3n) is 3.74. The molecule has 1 heterocycles. The van der Waals surface area contributed by atoms with E-state index in [1.807, 2.05) is 13.8 Å². The molecule has 4 nitrogen and oxygen atoms in total. The highest BCUT2D eigenvalue weighted by Gasteiger charge is 2.38. The van der Waals surface area contributed by atoms with Crippen LogP contribution in [0.25, 0.3) is 0 Å². The van der Waals surface area contributed by atoms with Crippen LogP contribution in [0.1, 0.15) is 36.2 Å². The van der Waals surface area contributed by atoms with Gasteiger partial charge in [0.2, 0.25) is 0 Å². The Morgan fingerprint density at radius 3 is 2.83 bits per heavy atom. The van der Waals surface area contributed by atoms with Crippen molar-refractivity contribution >= 4 is 5.91 Å². The van der Waals surface area contributed by atoms with Crippen LogP contribution >= 0.6 is 0 Å². The molecule has 1 fully saturated rings. The third kappa shape index (κ3) is 2.34. The number of ether oxygens (including phenoxy) is 1. The predicted molar refractivity (Wildman–Crippen MR) is 68.7 cm³/mol. The molecule has 2 rings (SSSR count). The molecule has 1 aromatic rings. The maximum absolute atomic E-state index is 12.2. The number of nitrogens with one attached hydrogen (secondary N) is 1. The van der Waals surface area contributed by atoms with Gasteiger partial charge >= 0.3 is 0 Å². The summed E-state index contributed by atoms with van der Waals surface area (Å²) >= 11 is 0. The van der Waals surface area contributed by atoms with Crippen LogP contribution in [-0.4, -0.2) is 29.3 Å². The summed E-state index contributed by atoms with van der Waals surface area (Å²) in [5, 5.41) is 12.5. The summed E-state index contributed by atoms with van der Waals surface area (Å²) in [6.07, 6.45) is 0.830. The SMILES string of the molecule is Cc1cc(C(=O)NC2(C)CCOC2C)ccc1O. The van der Waals surface area contributed by atoms with Crippen molar-refractivity contribution in [1.82, 2.24) is 5.32 Å². The number of aryl methyl sites for hydroxylation is 1. The zero-order chi connectivity index (χ0) is 13.3. The average molecular weight is 249 g/mol. The van der Waals surface area contributed by atoms with E-state index in [1.165, 1.54) is 0 Å². The lowest BCUT2D eigenvalue weighted by atomic mass is 9.94. The number of benzene rings is 1. The average Bonchev–Trinajstić information content (AvgIpc) is 2.63. The van der Waals surface area contributed by atoms with E-state index < -0.39 is 0 Å². The Balaban J connectivity index is 2.14. The van der Waals surface area contributed by atoms with Gasteiger partial charge in [0.05, 0.1) is 11.6 Å². The molecule has 0 radical (unpaired) electrons. The molecular weight excluding hydrogens is 230 g/mol. The number of rotatable bonds is 2. The van der Waals surface area contributed by atoms with E-state index in [4.69, 9.17) is 4.74 Å². The fourth-order valence-corrected chi connectivity index (χ4v) is 2.13. The molecular formula is C14H19NO3. The lowest BCUT2D eigenvalue weighted by Crippen LogP contribution is -2.50. The van der Waals surface area contributed by atoms with Crippen molar-refractivity contribution in [3.63, 3.8) is 0 Å². The number of phenolic OH excluding ortho intramolecular Hbond substituents is 1. The van der Waals surface area contributed by atoms with Crippen molar-refractivity contribution < 1.29 is 14.6 Å². The molecule has 98 valence electrons. The van der Waals surface area contributed by atoms with Gasteiger partial charge in [-0.05, 0) is 51.0 Å². The van der Waals surface area contributed by atoms with Crippen LogP contribution in [0.2, 0.25) is 0 Å². The number of carbonyl (C=O) groups excluding carboxylic acids is 1. The topological polar surface area (TPSA) is 58.6 Å². The molecule has 4 heteroatoms. The zero-order valence-corrected chi connectivity index (χ0v) is 11.0. The minimum Gasteiger partial charge on any atom is -0.508 e. The minimum atomic E-state index is -0.317. The number of carbonyl (C=O) groups is 1. The lowest BCUT2D eigenvalue weighted by Gasteiger charge is -2.29. The van der Waals surface area contributed by atoms with E-state index in [0.717, 1.165) is 6.42 Å². The standard InChI is InChI=1S/C14H19NO3/c1-9-8-11(4-5-12(9)16)13(17)15-14(3)6-7-18-10(14)2/h4-5,8,10,16H,6-7H2,1-3H3,(H,15,17). The Bertz CT molecular complexity index is 472. The van der Waals surface area contributed by atoms with E-state index >= 15 is 0 Å². The zero-order valence-electron chi connectivity index (χ0n) is 11.0. The lowest BCUT2D eigenvalue weighted by molar-refractivity contribution is 0.0727. The van der Waals surface area contributed by atoms with Gasteiger partial charge in [0.25, 0.3) is 5.91 Å². The summed E-state index contributed by atoms with van der Waals surface area (Å²) in [6.45, 7) is 6.41. The summed E-state index contributed by atoms with van der Waals surface area (Å²) in [6, 6.07) is 4.86. The second kappa shape index (κ2) is 4.61. The largest absolute Gasteiger partial charge is 0.508 e. The van der Waals surface area contributed by atoms with Gasteiger partial charge in [-0.2, -0.15) is 0 Å². The monoisotopic (exact) mass is 249 g/mol. The molecule has 1 amide bonds. The van der Waals surface area contributed by atoms with Gasteiger partial charge in [0, 0.05) is 12.2 Å². The molecule has 2 unspecified atom stereocenters. The smallest absolute Gasteiger partial charge is 0.251 e. The molecule has 2 N–H and O–H groups in total. The molecule has 0 aromatic heterocycles. The minimum absolute atomic E-state index is 0.0136. The van der Waals surface area contributed by atoms with Crippen molar-refractivity contribution in [2.24, 2.45) is 0 Å². The molecule has 0 spiro atoms. The number of amides is 1. The Kier molecular flexibility index (Phi) is 3.30. The van der Waals surface area contributed by atoms with Crippen molar-refractivity contribution in [2.45, 2.75) is 38.8 Å². The van der Waals surface area contributed by atoms with Crippen LogP contribution in [0.4, 0.5) is 0 Å². The van der Waals surface area contributed by atoms with Gasteiger partial charge in [-0.25, -0.2) is 0 Å². The summed E-state index contributed by atoms with van der Waals surface area (Å²) in [7, 11) is 0. The van der Waals surface area contributed by atoms with Gasteiger partial charge in [-0.15, -0.1) is 0 Å². The van der Waals surface area contributed by atoms with Crippen molar-refractivity contribution in [2.75, 3.05) is 6.61 Å². The Labute approximate surface area is 107 Å². The predicted octanol–water partition coefficient (Wildman–Crippen LogP) is 2.00. The second-order valence-electron chi connectivity index (χ2n) is 5.14. The van der Waals surface area contributed by atoms with Crippen LogP contribution in [0.15, 0.2) is 18.2 Å². The van der Waals surface area contributed by atoms with Crippen LogP contribution in [0.5, 0.6) is 5.75 Å². The summed E-state index contributed by atoms with van der Waals surface area (Å²) in [5.74, 6) is 0.0771. The number of aromatic hydroxyl groups is 1. The molecule has 0 saturated carbocycles. The molecule has 0 bridgehead atoms. The van der Waals surface area contributed by atoms with Crippen molar-refractivity contribution in [3.8, 4) is 5.75 Å². The first kappa shape index (κ1) is 12.9. The Morgan fingerprint density at radius 1 is 1.56 bits per heavy atom. The van der Waals surface area contributed by atoms with Gasteiger partial charge in [-0.1, -0.05) is 0 Å². The molecule has 1 saturated heterocycles. The van der Waals surface area contributed by atoms with Crippen LogP contribution in [0, 0.1) is 6.92 Å². The first-order chi connectivity index (χ1) is 8.42. The fraction of sp³-hybridized carbons (Fsp3) is 0.500. The number of phenols is 1. The quantitative estimate of drug-likeness (QED) is 0.842. The van der Waals surface area contributed by atoms with Gasteiger partial charge in [0.1, 0.15) is 5.75 Å². The van der Waals surface area contributed by atoms with E-state index in [9.17, 15) is 9.90 Å². The first-order valence-electron chi connectivity index (χ1n) is 6.16. The highest BCUT2D eigenvalue weighted by Crippen LogP contribution is 2.26. The Hall–Kier alpha value is -1.55. The van der Waals surface area contributed by atoms with Crippen LogP contribution < -0.4 is 5.32 Å². The Morgan fingerprint density at radius 2 is 2.28 bits per heavy atom. The van der Waals surface area contributed by atoms with Gasteiger partial charge < -0.3 is 15.2 Å². The van der Waals surface area contributed by atoms with E-state index in [0.29, 0.717) is 17.7 Å². The van der Waals surface area contributed by atoms with E-state index in [-0.39, 0.29) is 23.3 Å². The second-order valence-corrected chi connectivity index (χ2v) is 5.14. The fourth-order valence-electron chi connectivity index (χ4n) is 2.13. The number of hydrogen-bond donors (Lipinski definition) is 2. The highest BCUT2D eigenvalue weighted by atomic mass is 16.5. The van der Waals surface area contributed by atoms with Crippen LogP contribution in [-0.2, 0) is 4.74 Å². The summed E-state index contributed by atoms with van der Waals surface area (Å²) < 4.78 is 5.49. The van der Waals surface area contributed by atoms with E-state index in [2.05, 4.69) is 5.32 Å². The molecule has 1 aliphatic heterocycles. The maximum Gasteiger partial charge on any atom is 0.251 e. The number of hydrogen-bond acceptors (Lipinski definition) is 3. The first-order valence-corrected chi connectivity index (χ1v) is 6.16. The van der Waals surface area contributed by atoms with Gasteiger partial charge in [-0.3, -0.25) is 4.79 Å². The van der Waals surface area contributed by atoms with E-state index in [1.54, 1.807) is 25.1 Å². The van der Waals surface area contributed by atoms with Crippen molar-refractivity contribution in [1.29, 1.82) is 0 Å².